The van der Waals surface area contributed by atoms with Crippen molar-refractivity contribution in [2.75, 3.05) is 46.3 Å². The molecule has 7 rings (SSSR count). The van der Waals surface area contributed by atoms with Crippen molar-refractivity contribution < 1.29 is 19.2 Å². The SMILES string of the molecule is CC1(C)C[C@@H]1C(=O)N1CC2(CN(C(=O)c3cnn(Cc4ccccc4)c3)C[C@H]2C(=O)N2CCCCC2)C1.CN(C=O)C1CCCCC1. The number of carbonyl (C=O) groups is 4. The van der Waals surface area contributed by atoms with Crippen molar-refractivity contribution in [1.29, 1.82) is 0 Å². The Morgan fingerprint density at radius 1 is 0.872 bits per heavy atom. The number of carbonyl (C=O) groups excluding carboxylic acids is 4. The largest absolute Gasteiger partial charge is 0.345 e. The Morgan fingerprint density at radius 2 is 1.49 bits per heavy atom. The van der Waals surface area contributed by atoms with Crippen molar-refractivity contribution in [2.24, 2.45) is 22.7 Å². The smallest absolute Gasteiger partial charge is 0.257 e. The molecule has 0 unspecified atom stereocenters. The van der Waals surface area contributed by atoms with Gasteiger partial charge in [-0.3, -0.25) is 23.9 Å². The Bertz CT molecular complexity index is 1420. The standard InChI is InChI=1S/C29H37N5O3.C8H15NO/c1-28(2)13-23(28)26(36)33-19-29(20-33)18-32(17-24(29)27(37)31-11-7-4-8-12-31)25(35)22-14-30-34(16-22)15-21-9-5-3-6-10-21;1-9(7-10)8-5-3-2-4-6-8/h3,5-6,9-10,14,16,23-24H,4,7-8,11-13,15,17-20H2,1-2H3;7-8H,2-6H2,1H3/t23-,24+;/m1./s1. The summed E-state index contributed by atoms with van der Waals surface area (Å²) >= 11 is 0. The Balaban J connectivity index is 0.000000332. The van der Waals surface area contributed by atoms with E-state index in [1.807, 2.05) is 52.1 Å². The Hall–Kier alpha value is -3.69. The van der Waals surface area contributed by atoms with Gasteiger partial charge in [0, 0.05) is 69.9 Å². The highest BCUT2D eigenvalue weighted by Gasteiger charge is 2.62. The van der Waals surface area contributed by atoms with E-state index in [1.54, 1.807) is 22.0 Å². The molecule has 5 aliphatic rings. The molecular formula is C37H52N6O4. The second-order valence-electron chi connectivity index (χ2n) is 15.4. The number of benzene rings is 1. The van der Waals surface area contributed by atoms with Crippen LogP contribution >= 0.6 is 0 Å². The Morgan fingerprint density at radius 3 is 2.13 bits per heavy atom. The summed E-state index contributed by atoms with van der Waals surface area (Å²) in [5.74, 6) is 0.127. The lowest BCUT2D eigenvalue weighted by molar-refractivity contribution is -0.155. The van der Waals surface area contributed by atoms with Gasteiger partial charge < -0.3 is 19.6 Å². The van der Waals surface area contributed by atoms with Crippen LogP contribution in [0.2, 0.25) is 0 Å². The van der Waals surface area contributed by atoms with Gasteiger partial charge in [-0.25, -0.2) is 0 Å². The highest BCUT2D eigenvalue weighted by molar-refractivity contribution is 5.95. The fourth-order valence-corrected chi connectivity index (χ4v) is 8.19. The third-order valence-electron chi connectivity index (χ3n) is 11.4. The van der Waals surface area contributed by atoms with Crippen molar-refractivity contribution >= 4 is 24.1 Å². The summed E-state index contributed by atoms with van der Waals surface area (Å²) in [6, 6.07) is 10.6. The first kappa shape index (κ1) is 33.2. The van der Waals surface area contributed by atoms with Crippen molar-refractivity contribution in [3.63, 3.8) is 0 Å². The molecule has 1 aromatic carbocycles. The first-order valence-electron chi connectivity index (χ1n) is 17.7. The number of hydrogen-bond acceptors (Lipinski definition) is 5. The maximum Gasteiger partial charge on any atom is 0.257 e. The van der Waals surface area contributed by atoms with E-state index in [-0.39, 0.29) is 40.4 Å². The van der Waals surface area contributed by atoms with Crippen LogP contribution in [0, 0.1) is 22.7 Å². The fraction of sp³-hybridized carbons (Fsp3) is 0.649. The van der Waals surface area contributed by atoms with E-state index >= 15 is 0 Å². The van der Waals surface area contributed by atoms with Gasteiger partial charge in [-0.2, -0.15) is 5.10 Å². The fourth-order valence-electron chi connectivity index (χ4n) is 8.19. The molecule has 2 aromatic rings. The number of nitrogens with zero attached hydrogens (tertiary/aromatic N) is 6. The molecule has 3 saturated heterocycles. The molecule has 2 saturated carbocycles. The zero-order valence-electron chi connectivity index (χ0n) is 28.5. The van der Waals surface area contributed by atoms with Crippen LogP contribution in [0.4, 0.5) is 0 Å². The number of piperidine rings is 1. The number of likely N-dealkylation sites (tertiary alicyclic amines) is 3. The molecule has 4 heterocycles. The van der Waals surface area contributed by atoms with Crippen LogP contribution in [-0.4, -0.2) is 106 Å². The molecule has 1 aromatic heterocycles. The predicted molar refractivity (Wildman–Crippen MR) is 179 cm³/mol. The Kier molecular flexibility index (Phi) is 9.76. The van der Waals surface area contributed by atoms with Gasteiger partial charge in [0.15, 0.2) is 0 Å². The van der Waals surface area contributed by atoms with Crippen LogP contribution in [0.15, 0.2) is 42.7 Å². The second-order valence-corrected chi connectivity index (χ2v) is 15.4. The molecule has 3 aliphatic heterocycles. The molecule has 254 valence electrons. The lowest BCUT2D eigenvalue weighted by atomic mass is 9.70. The quantitative estimate of drug-likeness (QED) is 0.419. The molecule has 47 heavy (non-hydrogen) atoms. The minimum Gasteiger partial charge on any atom is -0.345 e. The van der Waals surface area contributed by atoms with Crippen molar-refractivity contribution in [3.05, 3.63) is 53.9 Å². The van der Waals surface area contributed by atoms with E-state index in [1.165, 1.54) is 32.1 Å². The lowest BCUT2D eigenvalue weighted by Crippen LogP contribution is -2.64. The molecule has 10 heteroatoms. The zero-order chi connectivity index (χ0) is 33.2. The van der Waals surface area contributed by atoms with E-state index in [0.29, 0.717) is 44.3 Å². The van der Waals surface area contributed by atoms with E-state index in [4.69, 9.17) is 0 Å². The van der Waals surface area contributed by atoms with Gasteiger partial charge in [-0.05, 0) is 49.5 Å². The summed E-state index contributed by atoms with van der Waals surface area (Å²) in [6.07, 6.45) is 14.9. The number of rotatable bonds is 7. The molecule has 0 N–H and O–H groups in total. The highest BCUT2D eigenvalue weighted by Crippen LogP contribution is 2.55. The minimum absolute atomic E-state index is 0.0827. The van der Waals surface area contributed by atoms with Crippen molar-refractivity contribution in [1.82, 2.24) is 29.4 Å². The van der Waals surface area contributed by atoms with E-state index < -0.39 is 0 Å². The number of aromatic nitrogens is 2. The molecule has 0 radical (unpaired) electrons. The first-order valence-corrected chi connectivity index (χ1v) is 17.7. The van der Waals surface area contributed by atoms with E-state index in [0.717, 1.165) is 50.7 Å². The minimum atomic E-state index is -0.348. The summed E-state index contributed by atoms with van der Waals surface area (Å²) in [5, 5.41) is 4.42. The van der Waals surface area contributed by atoms with Crippen LogP contribution in [0.1, 0.15) is 87.6 Å². The molecule has 10 nitrogen and oxygen atoms in total. The molecule has 2 atom stereocenters. The normalized spacial score (nSPS) is 24.6. The number of amides is 4. The molecule has 1 spiro atoms. The summed E-state index contributed by atoms with van der Waals surface area (Å²) in [5.41, 5.74) is 1.40. The van der Waals surface area contributed by atoms with Crippen LogP contribution in [0.25, 0.3) is 0 Å². The van der Waals surface area contributed by atoms with Gasteiger partial charge in [-0.15, -0.1) is 0 Å². The van der Waals surface area contributed by atoms with E-state index in [9.17, 15) is 19.2 Å². The van der Waals surface area contributed by atoms with Gasteiger partial charge in [0.1, 0.15) is 0 Å². The second kappa shape index (κ2) is 13.8. The average Bonchev–Trinajstić information content (AvgIpc) is 3.38. The average molecular weight is 645 g/mol. The molecule has 4 amide bonds. The van der Waals surface area contributed by atoms with Crippen LogP contribution in [0.3, 0.4) is 0 Å². The van der Waals surface area contributed by atoms with Gasteiger partial charge in [-0.1, -0.05) is 63.4 Å². The number of hydrogen-bond donors (Lipinski definition) is 0. The molecule has 2 aliphatic carbocycles. The van der Waals surface area contributed by atoms with Gasteiger partial charge in [0.25, 0.3) is 5.91 Å². The maximum atomic E-state index is 13.7. The molecule has 5 fully saturated rings. The summed E-state index contributed by atoms with van der Waals surface area (Å²) in [7, 11) is 1.88. The maximum absolute atomic E-state index is 13.7. The Labute approximate surface area is 279 Å². The van der Waals surface area contributed by atoms with E-state index in [2.05, 4.69) is 18.9 Å². The van der Waals surface area contributed by atoms with Gasteiger partial charge in [0.05, 0.1) is 24.2 Å². The monoisotopic (exact) mass is 644 g/mol. The van der Waals surface area contributed by atoms with Gasteiger partial charge >= 0.3 is 0 Å². The van der Waals surface area contributed by atoms with Gasteiger partial charge in [0.2, 0.25) is 18.2 Å². The van der Waals surface area contributed by atoms with Crippen LogP contribution < -0.4 is 0 Å². The summed E-state index contributed by atoms with van der Waals surface area (Å²) in [6.45, 7) is 8.54. The first-order chi connectivity index (χ1) is 22.6. The lowest BCUT2D eigenvalue weighted by Gasteiger charge is -2.51. The summed E-state index contributed by atoms with van der Waals surface area (Å²) in [4.78, 5) is 58.2. The van der Waals surface area contributed by atoms with Crippen molar-refractivity contribution in [2.45, 2.75) is 84.2 Å². The predicted octanol–water partition coefficient (Wildman–Crippen LogP) is 4.30. The van der Waals surface area contributed by atoms with Crippen molar-refractivity contribution in [3.8, 4) is 0 Å². The molecule has 0 bridgehead atoms. The third kappa shape index (κ3) is 7.26. The summed E-state index contributed by atoms with van der Waals surface area (Å²) < 4.78 is 1.78. The third-order valence-corrected chi connectivity index (χ3v) is 11.4. The molecular weight excluding hydrogens is 592 g/mol. The van der Waals surface area contributed by atoms with Crippen LogP contribution in [-0.2, 0) is 20.9 Å². The van der Waals surface area contributed by atoms with Crippen LogP contribution in [0.5, 0.6) is 0 Å². The highest BCUT2D eigenvalue weighted by atomic mass is 16.2. The topological polar surface area (TPSA) is 99.1 Å². The zero-order valence-corrected chi connectivity index (χ0v) is 28.5.